The third-order valence-corrected chi connectivity index (χ3v) is 15.5. The van der Waals surface area contributed by atoms with E-state index in [-0.39, 0.29) is 43.6 Å². The Morgan fingerprint density at radius 3 is 1.67 bits per heavy atom. The molecule has 32 heteroatoms. The first-order valence-corrected chi connectivity index (χ1v) is 31.8. The Balaban J connectivity index is 1.30. The van der Waals surface area contributed by atoms with Crippen LogP contribution in [0.25, 0.3) is 11.1 Å². The van der Waals surface area contributed by atoms with Gasteiger partial charge in [0, 0.05) is 56.3 Å². The second kappa shape index (κ2) is 38.0. The number of likely N-dealkylation sites (N-methyl/N-ethyl adjacent to an activating group) is 1. The molecule has 0 spiro atoms. The van der Waals surface area contributed by atoms with Gasteiger partial charge in [-0.15, -0.1) is 0 Å². The highest BCUT2D eigenvalue weighted by atomic mass is 16.6. The smallest absolute Gasteiger partial charge is 0.410 e. The minimum atomic E-state index is -1.89. The van der Waals surface area contributed by atoms with Gasteiger partial charge < -0.3 is 73.4 Å². The number of ether oxygens (including phenoxy) is 1. The Kier molecular flexibility index (Phi) is 30.1. The number of benzene rings is 4. The number of nitro benzene ring substituents is 1. The maximum atomic E-state index is 14.4. The highest BCUT2D eigenvalue weighted by Gasteiger charge is 2.37. The summed E-state index contributed by atoms with van der Waals surface area (Å²) in [5, 5.41) is 60.5. The Morgan fingerprint density at radius 1 is 0.602 bits per heavy atom. The number of carboxylic acid groups (broad SMARTS) is 1. The van der Waals surface area contributed by atoms with Crippen molar-refractivity contribution in [2.24, 2.45) is 33.7 Å². The summed E-state index contributed by atoms with van der Waals surface area (Å²) in [6.07, 6.45) is -2.39. The van der Waals surface area contributed by atoms with Gasteiger partial charge in [0.2, 0.25) is 59.1 Å². The highest BCUT2D eigenvalue weighted by molar-refractivity contribution is 5.99. The molecule has 5 rings (SSSR count). The maximum absolute atomic E-state index is 14.4. The predicted molar refractivity (Wildman–Crippen MR) is 357 cm³/mol. The number of carbonyl (C=O) groups excluding carboxylic acids is 11. The summed E-state index contributed by atoms with van der Waals surface area (Å²) in [6, 6.07) is 18.9. The number of azo groups is 1. The van der Waals surface area contributed by atoms with E-state index in [1.807, 2.05) is 60.4 Å². The second-order valence-electron chi connectivity index (χ2n) is 24.2. The SMILES string of the molecule is CCN(CCN(CC(=O)N[C@H](C(=O)N[C@H](C(=O)N[C@@H](CC(=O)O)C(=O)N[C@@H](CC(C)C)C(=O)N[C@@H](CNC(=O)CCO)C(=O)N[C@@H](C)C(=O)NCC(=O)NCC(N)=O)C(C)C)C(C)C)C(=O)OCC1c2ccccc2-c2ccccc21)c1ccc(N=Nc2ccc([N+](=O)[O-])cc2)cc1. The van der Waals surface area contributed by atoms with Crippen molar-refractivity contribution in [1.29, 1.82) is 0 Å². The van der Waals surface area contributed by atoms with Gasteiger partial charge in [0.1, 0.15) is 49.4 Å². The van der Waals surface area contributed by atoms with Gasteiger partial charge in [0.25, 0.3) is 5.69 Å². The number of primary amides is 1. The number of nitro groups is 1. The van der Waals surface area contributed by atoms with E-state index in [1.165, 1.54) is 36.1 Å². The summed E-state index contributed by atoms with van der Waals surface area (Å²) in [6.45, 7) is 10.5. The van der Waals surface area contributed by atoms with E-state index in [0.29, 0.717) is 17.9 Å². The topological polar surface area (TPSA) is 463 Å². The van der Waals surface area contributed by atoms with Gasteiger partial charge in [0.05, 0.1) is 42.4 Å². The van der Waals surface area contributed by atoms with Crippen LogP contribution in [0.5, 0.6) is 0 Å². The van der Waals surface area contributed by atoms with Crippen molar-refractivity contribution in [2.75, 3.05) is 63.9 Å². The molecule has 11 amide bonds. The highest BCUT2D eigenvalue weighted by Crippen LogP contribution is 2.44. The second-order valence-corrected chi connectivity index (χ2v) is 24.2. The number of fused-ring (bicyclic) bond motifs is 3. The van der Waals surface area contributed by atoms with E-state index in [4.69, 9.17) is 10.5 Å². The fraction of sp³-hybridized carbons (Fsp3) is 0.455. The Hall–Kier alpha value is -10.9. The molecule has 0 aliphatic heterocycles. The number of aliphatic carboxylic acids is 1. The van der Waals surface area contributed by atoms with Crippen molar-refractivity contribution in [3.8, 4) is 11.1 Å². The molecule has 4 aromatic rings. The number of anilines is 1. The predicted octanol–water partition coefficient (Wildman–Crippen LogP) is 2.07. The molecule has 98 heavy (non-hydrogen) atoms. The number of aliphatic hydroxyl groups excluding tert-OH is 1. The summed E-state index contributed by atoms with van der Waals surface area (Å²) < 4.78 is 6.05. The van der Waals surface area contributed by atoms with Crippen molar-refractivity contribution in [3.63, 3.8) is 0 Å². The molecule has 4 aromatic carbocycles. The summed E-state index contributed by atoms with van der Waals surface area (Å²) in [4.78, 5) is 174. The van der Waals surface area contributed by atoms with Crippen LogP contribution in [0.2, 0.25) is 0 Å². The van der Waals surface area contributed by atoms with Gasteiger partial charge in [-0.3, -0.25) is 67.8 Å². The van der Waals surface area contributed by atoms with Crippen LogP contribution in [0.4, 0.5) is 27.5 Å². The Morgan fingerprint density at radius 2 is 1.13 bits per heavy atom. The fourth-order valence-corrected chi connectivity index (χ4v) is 10.3. The first kappa shape index (κ1) is 77.8. The molecule has 0 unspecified atom stereocenters. The van der Waals surface area contributed by atoms with Crippen LogP contribution in [-0.2, 0) is 57.5 Å². The molecular weight excluding hydrogens is 1270 g/mol. The van der Waals surface area contributed by atoms with Crippen LogP contribution in [-0.4, -0.2) is 186 Å². The summed E-state index contributed by atoms with van der Waals surface area (Å²) >= 11 is 0. The Bertz CT molecular complexity index is 3490. The number of rotatable bonds is 38. The van der Waals surface area contributed by atoms with Crippen molar-refractivity contribution in [2.45, 2.75) is 117 Å². The standard InChI is InChI=1S/C66H87N15O17/c1-9-79(43-22-18-41(19-23-43)77-78-42-20-24-44(25-21-42)81(96)97)27-28-80(66(95)98-36-49-47-16-12-10-14-45(47)46-15-11-13-17-48(46)49)35-56(86)75-58(38(4)5)65(94)76-59(39(6)7)64(93)73-51(31-57(87)88)62(91)72-50(30-37(2)3)61(90)74-52(32-68-54(84)26-29-82)63(92)71-40(8)60(89)70-34-55(85)69-33-53(67)83/h10-25,37-40,49-52,58-59,82H,9,26-36H2,1-8H3,(H2,67,83)(H,68,84)(H,69,85)(H,70,89)(H,71,92)(H,72,91)(H,73,93)(H,74,90)(H,75,86)(H,76,94)(H,87,88)/t40-,50-,51-,52-,58-,59-/m0/s1. The van der Waals surface area contributed by atoms with Gasteiger partial charge >= 0.3 is 12.1 Å². The molecule has 1 aliphatic carbocycles. The van der Waals surface area contributed by atoms with Crippen LogP contribution in [0.1, 0.15) is 91.7 Å². The molecule has 6 atom stereocenters. The number of hydrogen-bond donors (Lipinski definition) is 12. The molecule has 0 saturated carbocycles. The number of hydrogen-bond acceptors (Lipinski definition) is 19. The van der Waals surface area contributed by atoms with Crippen LogP contribution in [0.3, 0.4) is 0 Å². The van der Waals surface area contributed by atoms with Gasteiger partial charge in [-0.1, -0.05) is 90.1 Å². The average Bonchev–Trinajstić information content (AvgIpc) is 1.62. The van der Waals surface area contributed by atoms with Crippen molar-refractivity contribution < 1.29 is 77.4 Å². The fourth-order valence-electron chi connectivity index (χ4n) is 10.3. The summed E-state index contributed by atoms with van der Waals surface area (Å²) in [5.74, 6) is -12.8. The van der Waals surface area contributed by atoms with Crippen LogP contribution >= 0.6 is 0 Å². The zero-order valence-corrected chi connectivity index (χ0v) is 55.8. The zero-order chi connectivity index (χ0) is 72.3. The Labute approximate surface area is 565 Å². The summed E-state index contributed by atoms with van der Waals surface area (Å²) in [7, 11) is 0. The monoisotopic (exact) mass is 1360 g/mol. The van der Waals surface area contributed by atoms with E-state index >= 15 is 0 Å². The number of nitrogens with two attached hydrogens (primary N) is 1. The number of amides is 11. The number of carboxylic acids is 1. The van der Waals surface area contributed by atoms with Crippen LogP contribution in [0.15, 0.2) is 107 Å². The summed E-state index contributed by atoms with van der Waals surface area (Å²) in [5.41, 5.74) is 10.4. The van der Waals surface area contributed by atoms with Crippen molar-refractivity contribution >= 4 is 93.9 Å². The first-order chi connectivity index (χ1) is 46.5. The first-order valence-electron chi connectivity index (χ1n) is 31.8. The largest absolute Gasteiger partial charge is 0.481 e. The molecule has 0 fully saturated rings. The van der Waals surface area contributed by atoms with E-state index < -0.39 is 170 Å². The third-order valence-electron chi connectivity index (χ3n) is 15.5. The normalized spacial score (nSPS) is 13.4. The van der Waals surface area contributed by atoms with Gasteiger partial charge in [-0.05, 0) is 96.7 Å². The number of carbonyl (C=O) groups is 12. The molecule has 0 bridgehead atoms. The molecule has 0 heterocycles. The number of nitrogens with zero attached hydrogens (tertiary/aromatic N) is 5. The number of non-ortho nitro benzene ring substituents is 1. The molecular formula is C66H87N15O17. The lowest BCUT2D eigenvalue weighted by Crippen LogP contribution is -2.62. The van der Waals surface area contributed by atoms with Gasteiger partial charge in [-0.25, -0.2) is 4.79 Å². The molecule has 528 valence electrons. The quantitative estimate of drug-likeness (QED) is 0.0174. The van der Waals surface area contributed by atoms with E-state index in [2.05, 4.69) is 58.1 Å². The van der Waals surface area contributed by atoms with Crippen LogP contribution in [0, 0.1) is 27.9 Å². The average molecular weight is 1360 g/mol. The lowest BCUT2D eigenvalue weighted by molar-refractivity contribution is -0.384. The molecule has 32 nitrogen and oxygen atoms in total. The minimum Gasteiger partial charge on any atom is -0.481 e. The van der Waals surface area contributed by atoms with Crippen molar-refractivity contribution in [3.05, 3.63) is 118 Å². The van der Waals surface area contributed by atoms with E-state index in [9.17, 15) is 77.9 Å². The minimum absolute atomic E-state index is 0.0556. The van der Waals surface area contributed by atoms with Gasteiger partial charge in [0.15, 0.2) is 0 Å². The maximum Gasteiger partial charge on any atom is 0.410 e. The van der Waals surface area contributed by atoms with E-state index in [0.717, 1.165) is 27.9 Å². The lowest BCUT2D eigenvalue weighted by Gasteiger charge is -2.30. The number of nitrogens with one attached hydrogen (secondary N) is 9. The van der Waals surface area contributed by atoms with E-state index in [1.54, 1.807) is 65.8 Å². The van der Waals surface area contributed by atoms with Crippen LogP contribution < -0.4 is 58.5 Å². The third kappa shape index (κ3) is 24.1. The van der Waals surface area contributed by atoms with Gasteiger partial charge in [-0.2, -0.15) is 10.2 Å². The molecule has 13 N–H and O–H groups in total. The molecule has 1 aliphatic rings. The molecule has 0 radical (unpaired) electrons. The van der Waals surface area contributed by atoms with Crippen molar-refractivity contribution in [1.82, 2.24) is 52.8 Å². The number of aliphatic hydroxyl groups is 1. The lowest BCUT2D eigenvalue weighted by atomic mass is 9.98. The zero-order valence-electron chi connectivity index (χ0n) is 55.8. The molecule has 0 saturated heterocycles. The molecule has 0 aromatic heterocycles.